The van der Waals surface area contributed by atoms with Gasteiger partial charge < -0.3 is 30.3 Å². The van der Waals surface area contributed by atoms with Crippen molar-refractivity contribution >= 4 is 23.6 Å². The molecule has 12 nitrogen and oxygen atoms in total. The van der Waals surface area contributed by atoms with Crippen LogP contribution in [0.25, 0.3) is 0 Å². The number of hydrogen-bond acceptors (Lipinski definition) is 10. The Morgan fingerprint density at radius 2 is 1.92 bits per heavy atom. The molecule has 0 radical (unpaired) electrons. The minimum atomic E-state index is -1.40. The average Bonchev–Trinajstić information content (AvgIpc) is 2.89. The molecule has 0 spiro atoms. The molecule has 4 heterocycles. The van der Waals surface area contributed by atoms with Gasteiger partial charge in [0.2, 0.25) is 5.91 Å². The van der Waals surface area contributed by atoms with Crippen molar-refractivity contribution in [1.82, 2.24) is 20.6 Å². The van der Waals surface area contributed by atoms with Crippen molar-refractivity contribution in [3.05, 3.63) is 54.1 Å². The Kier molecular flexibility index (Phi) is 8.87. The maximum atomic E-state index is 13.6. The second kappa shape index (κ2) is 12.3. The highest BCUT2D eigenvalue weighted by Gasteiger charge is 2.43. The minimum Gasteiger partial charge on any atom is -0.505 e. The number of amides is 2. The summed E-state index contributed by atoms with van der Waals surface area (Å²) in [6.07, 6.45) is 1.67. The number of ketones is 1. The molecule has 39 heavy (non-hydrogen) atoms. The number of aliphatic hydroxyl groups excluding tert-OH is 1. The van der Waals surface area contributed by atoms with Crippen LogP contribution in [-0.4, -0.2) is 80.8 Å². The summed E-state index contributed by atoms with van der Waals surface area (Å²) in [4.78, 5) is 60.8. The third-order valence-electron chi connectivity index (χ3n) is 7.10. The molecule has 4 rings (SSSR count). The lowest BCUT2D eigenvalue weighted by molar-refractivity contribution is -0.183. The van der Waals surface area contributed by atoms with Crippen LogP contribution in [0.15, 0.2) is 42.9 Å². The molecule has 0 saturated carbocycles. The van der Waals surface area contributed by atoms with Gasteiger partial charge in [0, 0.05) is 38.0 Å². The highest BCUT2D eigenvalue weighted by Crippen LogP contribution is 2.25. The van der Waals surface area contributed by atoms with E-state index in [0.29, 0.717) is 18.6 Å². The summed E-state index contributed by atoms with van der Waals surface area (Å²) >= 11 is 0. The van der Waals surface area contributed by atoms with Crippen molar-refractivity contribution in [3.8, 4) is 5.75 Å². The molecule has 2 aromatic rings. The number of nitrogens with zero attached hydrogens (tertiary/aromatic N) is 2. The summed E-state index contributed by atoms with van der Waals surface area (Å²) in [5.41, 5.74) is 0.405. The fourth-order valence-corrected chi connectivity index (χ4v) is 4.66. The van der Waals surface area contributed by atoms with E-state index in [2.05, 4.69) is 20.6 Å². The van der Waals surface area contributed by atoms with Crippen LogP contribution in [0, 0.1) is 11.8 Å². The second-order valence-corrected chi connectivity index (χ2v) is 9.99. The van der Waals surface area contributed by atoms with Crippen LogP contribution in [0.2, 0.25) is 0 Å². The zero-order valence-corrected chi connectivity index (χ0v) is 21.6. The molecule has 2 aliphatic heterocycles. The number of nitrogens with one attached hydrogen (secondary N) is 2. The number of ether oxygens (including phenoxy) is 2. The van der Waals surface area contributed by atoms with Crippen molar-refractivity contribution in [2.45, 2.75) is 63.5 Å². The minimum absolute atomic E-state index is 0.128. The number of hydrogen-bond donors (Lipinski definition) is 4. The molecule has 2 aromatic heterocycles. The van der Waals surface area contributed by atoms with Gasteiger partial charge in [0.25, 0.3) is 5.91 Å². The van der Waals surface area contributed by atoms with Crippen LogP contribution in [0.1, 0.15) is 42.7 Å². The monoisotopic (exact) mass is 540 g/mol. The normalized spacial score (nSPS) is 30.1. The van der Waals surface area contributed by atoms with E-state index in [4.69, 9.17) is 9.47 Å². The second-order valence-electron chi connectivity index (χ2n) is 9.99. The molecule has 0 bridgehead atoms. The molecule has 2 fully saturated rings. The fourth-order valence-electron chi connectivity index (χ4n) is 4.66. The molecule has 7 atom stereocenters. The average molecular weight is 541 g/mol. The molecule has 0 aliphatic carbocycles. The molecule has 2 unspecified atom stereocenters. The fraction of sp³-hybridized carbons (Fsp3) is 0.481. The third-order valence-corrected chi connectivity index (χ3v) is 7.10. The van der Waals surface area contributed by atoms with E-state index in [0.717, 1.165) is 0 Å². The van der Waals surface area contributed by atoms with E-state index in [1.54, 1.807) is 31.5 Å². The summed E-state index contributed by atoms with van der Waals surface area (Å²) in [6.45, 7) is 3.47. The Morgan fingerprint density at radius 1 is 1.18 bits per heavy atom. The Labute approximate surface area is 225 Å². The summed E-state index contributed by atoms with van der Waals surface area (Å²) in [5, 5.41) is 26.6. The number of cyclic esters (lactones) is 1. The van der Waals surface area contributed by atoms with Crippen LogP contribution < -0.4 is 10.6 Å². The zero-order chi connectivity index (χ0) is 28.1. The van der Waals surface area contributed by atoms with Gasteiger partial charge in [-0.25, -0.2) is 4.98 Å². The highest BCUT2D eigenvalue weighted by atomic mass is 16.6. The van der Waals surface area contributed by atoms with E-state index in [-0.39, 0.29) is 24.3 Å². The highest BCUT2D eigenvalue weighted by molar-refractivity contribution is 5.98. The van der Waals surface area contributed by atoms with E-state index >= 15 is 0 Å². The number of Topliss-reactive ketones (excluding diaryl/α,β-unsaturated/α-hetero) is 1. The standard InChI is InChI=1S/C27H32N4O8/c1-14-11-19(33)24(20-7-10-38-20)39-27(37)15(2)23(34)17(12-16-5-3-8-28-13-16)30-25(35)21(14)31-26(36)22-18(32)6-4-9-29-22/h3-6,8-9,13-15,17,20-21,23-24,32,34H,7,10-12H2,1-2H3,(H,30,35)(H,31,36)/t14-,15+,17-,20?,21-,23-,24?/m0/s1. The van der Waals surface area contributed by atoms with Gasteiger partial charge in [0.15, 0.2) is 17.6 Å². The predicted octanol–water partition coefficient (Wildman–Crippen LogP) is 0.315. The lowest BCUT2D eigenvalue weighted by atomic mass is 9.88. The maximum absolute atomic E-state index is 13.6. The van der Waals surface area contributed by atoms with Crippen LogP contribution >= 0.6 is 0 Å². The summed E-state index contributed by atoms with van der Waals surface area (Å²) in [6, 6.07) is 3.99. The van der Waals surface area contributed by atoms with Gasteiger partial charge in [-0.15, -0.1) is 0 Å². The molecule has 2 saturated heterocycles. The van der Waals surface area contributed by atoms with E-state index < -0.39 is 65.8 Å². The molecule has 2 amide bonds. The Bertz CT molecular complexity index is 1210. The Hall–Kier alpha value is -3.90. The van der Waals surface area contributed by atoms with Gasteiger partial charge in [0.05, 0.1) is 18.1 Å². The van der Waals surface area contributed by atoms with E-state index in [1.165, 1.54) is 25.3 Å². The number of rotatable bonds is 5. The number of carbonyl (C=O) groups is 4. The molecule has 2 aliphatic rings. The smallest absolute Gasteiger partial charge is 0.312 e. The predicted molar refractivity (Wildman–Crippen MR) is 135 cm³/mol. The zero-order valence-electron chi connectivity index (χ0n) is 21.6. The van der Waals surface area contributed by atoms with Crippen LogP contribution in [0.5, 0.6) is 5.75 Å². The molecule has 208 valence electrons. The first-order valence-electron chi connectivity index (χ1n) is 12.8. The van der Waals surface area contributed by atoms with Crippen LogP contribution in [0.4, 0.5) is 0 Å². The first-order chi connectivity index (χ1) is 18.7. The van der Waals surface area contributed by atoms with Crippen molar-refractivity contribution < 1.29 is 38.9 Å². The summed E-state index contributed by atoms with van der Waals surface area (Å²) in [7, 11) is 0. The van der Waals surface area contributed by atoms with Crippen molar-refractivity contribution in [2.75, 3.05) is 6.61 Å². The van der Waals surface area contributed by atoms with Crippen molar-refractivity contribution in [3.63, 3.8) is 0 Å². The summed E-state index contributed by atoms with van der Waals surface area (Å²) in [5.74, 6) is -4.99. The SMILES string of the molecule is C[C@H]1CC(=O)C(C2CCO2)OC(=O)[C@H](C)[C@H](O)[C@H](Cc2cccnc2)NC(=O)[C@H]1NC(=O)c1ncccc1O. The van der Waals surface area contributed by atoms with Crippen LogP contribution in [-0.2, 0) is 30.3 Å². The lowest BCUT2D eigenvalue weighted by Crippen LogP contribution is -2.58. The Morgan fingerprint density at radius 3 is 2.56 bits per heavy atom. The van der Waals surface area contributed by atoms with E-state index in [1.807, 2.05) is 0 Å². The lowest BCUT2D eigenvalue weighted by Gasteiger charge is -2.36. The maximum Gasteiger partial charge on any atom is 0.312 e. The number of pyridine rings is 2. The topological polar surface area (TPSA) is 177 Å². The first-order valence-corrected chi connectivity index (χ1v) is 12.8. The third kappa shape index (κ3) is 6.58. The molecule has 0 aromatic carbocycles. The van der Waals surface area contributed by atoms with Crippen molar-refractivity contribution in [2.24, 2.45) is 11.8 Å². The van der Waals surface area contributed by atoms with Gasteiger partial charge >= 0.3 is 5.97 Å². The first kappa shape index (κ1) is 28.1. The van der Waals surface area contributed by atoms with E-state index in [9.17, 15) is 29.4 Å². The van der Waals surface area contributed by atoms with Gasteiger partial charge in [-0.3, -0.25) is 24.2 Å². The largest absolute Gasteiger partial charge is 0.505 e. The van der Waals surface area contributed by atoms with Gasteiger partial charge in [0.1, 0.15) is 17.9 Å². The number of aromatic nitrogens is 2. The van der Waals surface area contributed by atoms with Crippen molar-refractivity contribution in [1.29, 1.82) is 0 Å². The molecular weight excluding hydrogens is 508 g/mol. The van der Waals surface area contributed by atoms with Gasteiger partial charge in [-0.05, 0) is 43.0 Å². The number of aromatic hydroxyl groups is 1. The molecule has 12 heteroatoms. The number of esters is 1. The quantitative estimate of drug-likeness (QED) is 0.386. The van der Waals surface area contributed by atoms with Gasteiger partial charge in [-0.2, -0.15) is 0 Å². The molecule has 4 N–H and O–H groups in total. The summed E-state index contributed by atoms with van der Waals surface area (Å²) < 4.78 is 11.0. The Balaban J connectivity index is 1.67. The van der Waals surface area contributed by atoms with Gasteiger partial charge in [-0.1, -0.05) is 13.0 Å². The number of carbonyl (C=O) groups excluding carboxylic acids is 4. The molecular formula is C27H32N4O8. The number of aliphatic hydroxyl groups is 1. The van der Waals surface area contributed by atoms with Crippen LogP contribution in [0.3, 0.4) is 0 Å².